The molecule has 0 bridgehead atoms. The Balaban J connectivity index is 1.93. The number of pyridine rings is 1. The number of halogens is 3. The summed E-state index contributed by atoms with van der Waals surface area (Å²) in [5.74, 6) is -4.45. The Kier molecular flexibility index (Phi) is 6.11. The van der Waals surface area contributed by atoms with Crippen molar-refractivity contribution in [2.75, 3.05) is 11.5 Å². The van der Waals surface area contributed by atoms with Crippen LogP contribution in [0.4, 0.5) is 14.5 Å². The number of amides is 1. The molecule has 1 amide bonds. The summed E-state index contributed by atoms with van der Waals surface area (Å²) in [7, 11) is 0. The first-order valence-electron chi connectivity index (χ1n) is 9.92. The van der Waals surface area contributed by atoms with Crippen LogP contribution in [0.2, 0.25) is 5.02 Å². The number of Topliss-reactive ketones (excluding diaryl/α,β-unsaturated/α-hetero) is 1. The molecular weight excluding hydrogens is 454 g/mol. The normalized spacial score (nSPS) is 17.5. The first-order chi connectivity index (χ1) is 15.8. The molecule has 0 saturated carbocycles. The number of rotatable bonds is 5. The molecule has 1 aromatic heterocycles. The highest BCUT2D eigenvalue weighted by atomic mass is 35.5. The van der Waals surface area contributed by atoms with Gasteiger partial charge in [0.2, 0.25) is 0 Å². The minimum Gasteiger partial charge on any atom is -0.507 e. The average molecular weight is 471 g/mol. The van der Waals surface area contributed by atoms with E-state index in [-0.39, 0.29) is 22.6 Å². The predicted molar refractivity (Wildman–Crippen MR) is 118 cm³/mol. The Morgan fingerprint density at radius 1 is 1.15 bits per heavy atom. The number of benzene rings is 2. The molecule has 1 atom stereocenters. The van der Waals surface area contributed by atoms with Gasteiger partial charge < -0.3 is 9.84 Å². The van der Waals surface area contributed by atoms with E-state index in [1.807, 2.05) is 0 Å². The first-order valence-corrected chi connectivity index (χ1v) is 10.3. The number of anilines is 1. The second-order valence-corrected chi connectivity index (χ2v) is 7.54. The molecule has 0 spiro atoms. The van der Waals surface area contributed by atoms with Gasteiger partial charge in [-0.1, -0.05) is 17.7 Å². The zero-order valence-electron chi connectivity index (χ0n) is 17.3. The molecule has 168 valence electrons. The standard InChI is InChI=1S/C24H17ClF2N2O4/c1-2-33-19-10-13(5-7-16(19)25)22(30)20-21(14-4-3-9-28-12-14)29(24(32)23(20)31)15-6-8-17(26)18(27)11-15/h3-12,21,30H,2H2,1H3/b22-20+. The van der Waals surface area contributed by atoms with Crippen molar-refractivity contribution in [3.63, 3.8) is 0 Å². The predicted octanol–water partition coefficient (Wildman–Crippen LogP) is 5.04. The van der Waals surface area contributed by atoms with E-state index in [2.05, 4.69) is 4.98 Å². The van der Waals surface area contributed by atoms with Gasteiger partial charge in [-0.25, -0.2) is 8.78 Å². The van der Waals surface area contributed by atoms with Crippen molar-refractivity contribution in [1.82, 2.24) is 4.98 Å². The zero-order chi connectivity index (χ0) is 23.7. The molecule has 33 heavy (non-hydrogen) atoms. The molecule has 1 aliphatic heterocycles. The van der Waals surface area contributed by atoms with Crippen LogP contribution in [0.15, 0.2) is 66.5 Å². The van der Waals surface area contributed by atoms with Crippen molar-refractivity contribution >= 4 is 34.7 Å². The van der Waals surface area contributed by atoms with Gasteiger partial charge in [0, 0.05) is 29.7 Å². The molecule has 2 aromatic carbocycles. The molecule has 4 rings (SSSR count). The number of nitrogens with zero attached hydrogens (tertiary/aromatic N) is 2. The molecule has 9 heteroatoms. The van der Waals surface area contributed by atoms with Crippen molar-refractivity contribution in [3.8, 4) is 5.75 Å². The van der Waals surface area contributed by atoms with Crippen molar-refractivity contribution < 1.29 is 28.2 Å². The maximum absolute atomic E-state index is 14.0. The Labute approximate surface area is 192 Å². The number of hydrogen-bond acceptors (Lipinski definition) is 5. The highest BCUT2D eigenvalue weighted by Gasteiger charge is 2.47. The Morgan fingerprint density at radius 2 is 1.94 bits per heavy atom. The average Bonchev–Trinajstić information content (AvgIpc) is 3.08. The van der Waals surface area contributed by atoms with Crippen LogP contribution in [0.3, 0.4) is 0 Å². The molecule has 3 aromatic rings. The van der Waals surface area contributed by atoms with Crippen LogP contribution in [-0.2, 0) is 9.59 Å². The largest absolute Gasteiger partial charge is 0.507 e. The van der Waals surface area contributed by atoms with Crippen molar-refractivity contribution in [2.45, 2.75) is 13.0 Å². The summed E-state index contributed by atoms with van der Waals surface area (Å²) >= 11 is 6.12. The summed E-state index contributed by atoms with van der Waals surface area (Å²) in [4.78, 5) is 31.1. The number of ketones is 1. The van der Waals surface area contributed by atoms with Crippen LogP contribution in [0.25, 0.3) is 5.76 Å². The number of aromatic nitrogens is 1. The van der Waals surface area contributed by atoms with Gasteiger partial charge in [-0.2, -0.15) is 0 Å². The third kappa shape index (κ3) is 4.05. The van der Waals surface area contributed by atoms with E-state index in [9.17, 15) is 23.5 Å². The quantitative estimate of drug-likeness (QED) is 0.321. The minimum absolute atomic E-state index is 0.0463. The maximum Gasteiger partial charge on any atom is 0.300 e. The lowest BCUT2D eigenvalue weighted by Crippen LogP contribution is -2.29. The number of aliphatic hydroxyl groups is 1. The summed E-state index contributed by atoms with van der Waals surface area (Å²) in [6.45, 7) is 2.08. The van der Waals surface area contributed by atoms with Gasteiger partial charge in [0.1, 0.15) is 11.5 Å². The van der Waals surface area contributed by atoms with E-state index < -0.39 is 35.1 Å². The Bertz CT molecular complexity index is 1280. The van der Waals surface area contributed by atoms with Gasteiger partial charge in [0.15, 0.2) is 11.6 Å². The molecule has 1 aliphatic rings. The van der Waals surface area contributed by atoms with E-state index in [4.69, 9.17) is 16.3 Å². The van der Waals surface area contributed by atoms with Gasteiger partial charge in [0.05, 0.1) is 23.2 Å². The van der Waals surface area contributed by atoms with Gasteiger partial charge in [-0.3, -0.25) is 19.5 Å². The summed E-state index contributed by atoms with van der Waals surface area (Å²) in [6, 6.07) is 9.35. The molecule has 0 aliphatic carbocycles. The van der Waals surface area contributed by atoms with Crippen molar-refractivity contribution in [2.24, 2.45) is 0 Å². The molecule has 1 fully saturated rings. The zero-order valence-corrected chi connectivity index (χ0v) is 18.0. The maximum atomic E-state index is 14.0. The van der Waals surface area contributed by atoms with E-state index >= 15 is 0 Å². The number of ether oxygens (including phenoxy) is 1. The van der Waals surface area contributed by atoms with E-state index in [1.165, 1.54) is 36.7 Å². The molecule has 1 unspecified atom stereocenters. The smallest absolute Gasteiger partial charge is 0.300 e. The second kappa shape index (κ2) is 8.99. The molecule has 0 radical (unpaired) electrons. The Hall–Kier alpha value is -3.78. The lowest BCUT2D eigenvalue weighted by atomic mass is 9.96. The van der Waals surface area contributed by atoms with Crippen LogP contribution >= 0.6 is 11.6 Å². The van der Waals surface area contributed by atoms with Crippen molar-refractivity contribution in [3.05, 3.63) is 94.3 Å². The number of carbonyl (C=O) groups is 2. The number of hydrogen-bond donors (Lipinski definition) is 1. The monoisotopic (exact) mass is 470 g/mol. The van der Waals surface area contributed by atoms with Gasteiger partial charge in [-0.15, -0.1) is 0 Å². The molecule has 6 nitrogen and oxygen atoms in total. The van der Waals surface area contributed by atoms with Gasteiger partial charge >= 0.3 is 0 Å². The van der Waals surface area contributed by atoms with Crippen LogP contribution in [0.1, 0.15) is 24.1 Å². The fraction of sp³-hybridized carbons (Fsp3) is 0.125. The van der Waals surface area contributed by atoms with Crippen molar-refractivity contribution in [1.29, 1.82) is 0 Å². The number of aliphatic hydroxyl groups excluding tert-OH is 1. The van der Waals surface area contributed by atoms with Gasteiger partial charge in [0.25, 0.3) is 11.7 Å². The molecule has 2 heterocycles. The van der Waals surface area contributed by atoms with Crippen LogP contribution < -0.4 is 9.64 Å². The van der Waals surface area contributed by atoms with Crippen LogP contribution in [-0.4, -0.2) is 28.4 Å². The minimum atomic E-state index is -1.18. The first kappa shape index (κ1) is 22.4. The topological polar surface area (TPSA) is 79.7 Å². The highest BCUT2D eigenvalue weighted by molar-refractivity contribution is 6.51. The summed E-state index contributed by atoms with van der Waals surface area (Å²) < 4.78 is 32.9. The van der Waals surface area contributed by atoms with Gasteiger partial charge in [-0.05, 0) is 48.9 Å². The Morgan fingerprint density at radius 3 is 2.61 bits per heavy atom. The third-order valence-corrected chi connectivity index (χ3v) is 5.44. The SMILES string of the molecule is CCOc1cc(/C(O)=C2\C(=O)C(=O)N(c3ccc(F)c(F)c3)C2c2cccnc2)ccc1Cl. The third-order valence-electron chi connectivity index (χ3n) is 5.13. The second-order valence-electron chi connectivity index (χ2n) is 7.13. The highest BCUT2D eigenvalue weighted by Crippen LogP contribution is 2.42. The molecule has 1 N–H and O–H groups in total. The molecule has 1 saturated heterocycles. The van der Waals surface area contributed by atoms with Crippen LogP contribution in [0.5, 0.6) is 5.75 Å². The van der Waals surface area contributed by atoms with E-state index in [0.717, 1.165) is 17.0 Å². The molecular formula is C24H17ClF2N2O4. The summed E-state index contributed by atoms with van der Waals surface area (Å²) in [6.07, 6.45) is 2.92. The fourth-order valence-corrected chi connectivity index (χ4v) is 3.83. The van der Waals surface area contributed by atoms with E-state index in [0.29, 0.717) is 17.2 Å². The fourth-order valence-electron chi connectivity index (χ4n) is 3.66. The lowest BCUT2D eigenvalue weighted by Gasteiger charge is -2.25. The summed E-state index contributed by atoms with van der Waals surface area (Å²) in [5.41, 5.74) is 0.305. The lowest BCUT2D eigenvalue weighted by molar-refractivity contribution is -0.132. The summed E-state index contributed by atoms with van der Waals surface area (Å²) in [5, 5.41) is 11.4. The van der Waals surface area contributed by atoms with Crippen LogP contribution in [0, 0.1) is 11.6 Å². The number of carbonyl (C=O) groups excluding carboxylic acids is 2. The van der Waals surface area contributed by atoms with E-state index in [1.54, 1.807) is 19.1 Å².